The summed E-state index contributed by atoms with van der Waals surface area (Å²) >= 11 is 0. The van der Waals surface area contributed by atoms with E-state index < -0.39 is 0 Å². The largest absolute Gasteiger partial charge is 0.369 e. The Bertz CT molecular complexity index is 759. The van der Waals surface area contributed by atoms with Gasteiger partial charge in [-0.25, -0.2) is 0 Å². The standard InChI is InChI=1S/C25H39N5O2/c1-3-27(4-2)25(32)21-8-10-23(11-9-21)28-14-12-26(13-15-28)20-24(31)30-18-16-29(17-19-30)22-6-5-7-22/h8-11,22H,3-7,12-20H2,1-2H3. The summed E-state index contributed by atoms with van der Waals surface area (Å²) in [6.45, 7) is 13.5. The third-order valence-electron chi connectivity index (χ3n) is 7.52. The molecule has 2 aliphatic heterocycles. The topological polar surface area (TPSA) is 50.3 Å². The molecule has 7 heteroatoms. The zero-order valence-electron chi connectivity index (χ0n) is 19.8. The van der Waals surface area contributed by atoms with Gasteiger partial charge in [0.2, 0.25) is 5.91 Å². The maximum absolute atomic E-state index is 12.8. The lowest BCUT2D eigenvalue weighted by Crippen LogP contribution is -2.56. The number of amides is 2. The molecule has 0 atom stereocenters. The normalized spacial score (nSPS) is 20.8. The Morgan fingerprint density at radius 2 is 1.50 bits per heavy atom. The van der Waals surface area contributed by atoms with Crippen molar-refractivity contribution >= 4 is 17.5 Å². The summed E-state index contributed by atoms with van der Waals surface area (Å²) in [6, 6.07) is 8.77. The van der Waals surface area contributed by atoms with Crippen molar-refractivity contribution in [3.05, 3.63) is 29.8 Å². The molecule has 2 saturated heterocycles. The molecule has 3 aliphatic rings. The van der Waals surface area contributed by atoms with E-state index in [1.165, 1.54) is 19.3 Å². The number of piperazine rings is 2. The lowest BCUT2D eigenvalue weighted by molar-refractivity contribution is -0.134. The second kappa shape index (κ2) is 10.7. The van der Waals surface area contributed by atoms with Crippen LogP contribution in [0.25, 0.3) is 0 Å². The number of hydrogen-bond acceptors (Lipinski definition) is 5. The van der Waals surface area contributed by atoms with Crippen molar-refractivity contribution in [2.24, 2.45) is 0 Å². The summed E-state index contributed by atoms with van der Waals surface area (Å²) in [5, 5.41) is 0. The molecule has 3 fully saturated rings. The molecular weight excluding hydrogens is 402 g/mol. The summed E-state index contributed by atoms with van der Waals surface area (Å²) in [6.07, 6.45) is 4.05. The van der Waals surface area contributed by atoms with Crippen LogP contribution in [0.2, 0.25) is 0 Å². The highest BCUT2D eigenvalue weighted by molar-refractivity contribution is 5.94. The summed E-state index contributed by atoms with van der Waals surface area (Å²) in [7, 11) is 0. The van der Waals surface area contributed by atoms with Crippen LogP contribution < -0.4 is 4.90 Å². The molecule has 0 radical (unpaired) electrons. The number of carbonyl (C=O) groups is 2. The van der Waals surface area contributed by atoms with Gasteiger partial charge in [-0.1, -0.05) is 6.42 Å². The fraction of sp³-hybridized carbons (Fsp3) is 0.680. The molecule has 0 N–H and O–H groups in total. The first-order chi connectivity index (χ1) is 15.6. The molecule has 1 aromatic carbocycles. The van der Waals surface area contributed by atoms with E-state index >= 15 is 0 Å². The fourth-order valence-electron chi connectivity index (χ4n) is 5.05. The van der Waals surface area contributed by atoms with Gasteiger partial charge in [-0.05, 0) is 51.0 Å². The monoisotopic (exact) mass is 441 g/mol. The van der Waals surface area contributed by atoms with Crippen LogP contribution in [0, 0.1) is 0 Å². The molecule has 2 amide bonds. The van der Waals surface area contributed by atoms with Gasteiger partial charge in [0.1, 0.15) is 0 Å². The second-order valence-corrected chi connectivity index (χ2v) is 9.29. The Kier molecular flexibility index (Phi) is 7.68. The van der Waals surface area contributed by atoms with Crippen LogP contribution in [0.15, 0.2) is 24.3 Å². The van der Waals surface area contributed by atoms with Crippen LogP contribution in [-0.4, -0.2) is 109 Å². The molecule has 2 heterocycles. The van der Waals surface area contributed by atoms with Gasteiger partial charge in [-0.2, -0.15) is 0 Å². The van der Waals surface area contributed by atoms with E-state index in [1.54, 1.807) is 0 Å². The lowest BCUT2D eigenvalue weighted by Gasteiger charge is -2.43. The zero-order valence-corrected chi connectivity index (χ0v) is 19.8. The number of benzene rings is 1. The Morgan fingerprint density at radius 1 is 0.875 bits per heavy atom. The van der Waals surface area contributed by atoms with Gasteiger partial charge in [0, 0.05) is 82.7 Å². The molecule has 1 aromatic rings. The van der Waals surface area contributed by atoms with E-state index in [9.17, 15) is 9.59 Å². The molecule has 0 spiro atoms. The van der Waals surface area contributed by atoms with Gasteiger partial charge < -0.3 is 14.7 Å². The van der Waals surface area contributed by atoms with Crippen LogP contribution in [0.5, 0.6) is 0 Å². The van der Waals surface area contributed by atoms with Crippen LogP contribution in [0.4, 0.5) is 5.69 Å². The average molecular weight is 442 g/mol. The summed E-state index contributed by atoms with van der Waals surface area (Å²) in [5.74, 6) is 0.379. The minimum absolute atomic E-state index is 0.0957. The molecule has 0 unspecified atom stereocenters. The smallest absolute Gasteiger partial charge is 0.253 e. The molecule has 0 bridgehead atoms. The molecule has 1 aliphatic carbocycles. The van der Waals surface area contributed by atoms with Crippen molar-refractivity contribution in [3.8, 4) is 0 Å². The second-order valence-electron chi connectivity index (χ2n) is 9.29. The molecule has 0 aromatic heterocycles. The maximum atomic E-state index is 12.8. The van der Waals surface area contributed by atoms with Crippen molar-refractivity contribution in [2.45, 2.75) is 39.2 Å². The highest BCUT2D eigenvalue weighted by Gasteiger charge is 2.30. The first-order valence-corrected chi connectivity index (χ1v) is 12.5. The van der Waals surface area contributed by atoms with Gasteiger partial charge in [0.25, 0.3) is 5.91 Å². The van der Waals surface area contributed by atoms with E-state index in [2.05, 4.69) is 31.7 Å². The minimum atomic E-state index is 0.0957. The minimum Gasteiger partial charge on any atom is -0.369 e. The summed E-state index contributed by atoms with van der Waals surface area (Å²) in [5.41, 5.74) is 1.90. The van der Waals surface area contributed by atoms with Crippen LogP contribution >= 0.6 is 0 Å². The first-order valence-electron chi connectivity index (χ1n) is 12.5. The zero-order chi connectivity index (χ0) is 22.5. The van der Waals surface area contributed by atoms with Crippen molar-refractivity contribution < 1.29 is 9.59 Å². The summed E-state index contributed by atoms with van der Waals surface area (Å²) < 4.78 is 0. The Balaban J connectivity index is 1.21. The van der Waals surface area contributed by atoms with Crippen molar-refractivity contribution in [3.63, 3.8) is 0 Å². The quantitative estimate of drug-likeness (QED) is 0.648. The maximum Gasteiger partial charge on any atom is 0.253 e. The molecule has 1 saturated carbocycles. The number of nitrogens with zero attached hydrogens (tertiary/aromatic N) is 5. The van der Waals surface area contributed by atoms with E-state index in [0.717, 1.165) is 82.7 Å². The van der Waals surface area contributed by atoms with Gasteiger partial charge in [0.05, 0.1) is 6.54 Å². The predicted octanol–water partition coefficient (Wildman–Crippen LogP) is 1.99. The van der Waals surface area contributed by atoms with Crippen LogP contribution in [-0.2, 0) is 4.79 Å². The van der Waals surface area contributed by atoms with E-state index in [0.29, 0.717) is 6.54 Å². The Morgan fingerprint density at radius 3 is 2.03 bits per heavy atom. The lowest BCUT2D eigenvalue weighted by atomic mass is 9.91. The van der Waals surface area contributed by atoms with E-state index in [-0.39, 0.29) is 11.8 Å². The number of carbonyl (C=O) groups excluding carboxylic acids is 2. The third kappa shape index (κ3) is 5.26. The molecule has 7 nitrogen and oxygen atoms in total. The number of rotatable bonds is 7. The van der Waals surface area contributed by atoms with Crippen molar-refractivity contribution in [1.29, 1.82) is 0 Å². The third-order valence-corrected chi connectivity index (χ3v) is 7.52. The Labute approximate surface area is 192 Å². The van der Waals surface area contributed by atoms with E-state index in [1.807, 2.05) is 30.9 Å². The van der Waals surface area contributed by atoms with Crippen LogP contribution in [0.1, 0.15) is 43.5 Å². The first kappa shape index (κ1) is 23.1. The number of anilines is 1. The number of hydrogen-bond donors (Lipinski definition) is 0. The highest BCUT2D eigenvalue weighted by atomic mass is 16.2. The Hall–Kier alpha value is -2.12. The molecule has 32 heavy (non-hydrogen) atoms. The molecule has 4 rings (SSSR count). The SMILES string of the molecule is CCN(CC)C(=O)c1ccc(N2CCN(CC(=O)N3CCN(C4CCC4)CC3)CC2)cc1. The van der Waals surface area contributed by atoms with Gasteiger partial charge in [-0.15, -0.1) is 0 Å². The summed E-state index contributed by atoms with van der Waals surface area (Å²) in [4.78, 5) is 36.4. The van der Waals surface area contributed by atoms with Gasteiger partial charge in [-0.3, -0.25) is 19.4 Å². The molecular formula is C25H39N5O2. The van der Waals surface area contributed by atoms with Crippen molar-refractivity contribution in [2.75, 3.05) is 76.9 Å². The van der Waals surface area contributed by atoms with Crippen molar-refractivity contribution in [1.82, 2.24) is 19.6 Å². The highest BCUT2D eigenvalue weighted by Crippen LogP contribution is 2.25. The van der Waals surface area contributed by atoms with Crippen LogP contribution in [0.3, 0.4) is 0 Å². The average Bonchev–Trinajstić information content (AvgIpc) is 2.80. The molecule has 176 valence electrons. The van der Waals surface area contributed by atoms with Gasteiger partial charge in [0.15, 0.2) is 0 Å². The fourth-order valence-corrected chi connectivity index (χ4v) is 5.05. The predicted molar refractivity (Wildman–Crippen MR) is 128 cm³/mol. The van der Waals surface area contributed by atoms with Gasteiger partial charge >= 0.3 is 0 Å². The van der Waals surface area contributed by atoms with E-state index in [4.69, 9.17) is 0 Å².